The molecule has 2 saturated heterocycles. The molecule has 0 aromatic heterocycles. The first-order valence-electron chi connectivity index (χ1n) is 31.9. The fourth-order valence-corrected chi connectivity index (χ4v) is 9.85. The highest BCUT2D eigenvalue weighted by Crippen LogP contribution is 2.27. The third-order valence-electron chi connectivity index (χ3n) is 15.0. The zero-order valence-corrected chi connectivity index (χ0v) is 49.6. The molecular weight excluding hydrogens is 1000 g/mol. The summed E-state index contributed by atoms with van der Waals surface area (Å²) in [6, 6.07) is 0. The van der Waals surface area contributed by atoms with E-state index in [1.54, 1.807) is 0 Å². The van der Waals surface area contributed by atoms with E-state index < -0.39 is 80.7 Å². The van der Waals surface area contributed by atoms with Crippen LogP contribution in [0, 0.1) is 0 Å². The summed E-state index contributed by atoms with van der Waals surface area (Å²) in [5.41, 5.74) is 0. The topological polar surface area (TPSA) is 214 Å². The molecule has 2 fully saturated rings. The summed E-state index contributed by atoms with van der Waals surface area (Å²) in [6.07, 6.45) is 48.5. The lowest BCUT2D eigenvalue weighted by Gasteiger charge is -2.42. The number of carbonyl (C=O) groups excluding carboxylic acids is 1. The second kappa shape index (κ2) is 51.3. The fourth-order valence-electron chi connectivity index (χ4n) is 9.85. The second-order valence-electron chi connectivity index (χ2n) is 22.2. The summed E-state index contributed by atoms with van der Waals surface area (Å²) in [4.78, 5) is 13.1. The van der Waals surface area contributed by atoms with Crippen molar-refractivity contribution in [3.05, 3.63) is 60.8 Å². The van der Waals surface area contributed by atoms with Crippen LogP contribution in [0.25, 0.3) is 0 Å². The number of aliphatic hydroxyl groups is 7. The van der Waals surface area contributed by atoms with E-state index in [4.69, 9.17) is 28.4 Å². The number of hydrogen-bond donors (Lipinski definition) is 7. The standard InChI is InChI=1S/C65H116O14/c1-3-5-7-9-11-13-15-17-19-21-23-25-27-28-30-32-34-36-38-40-42-44-46-48-57(67)77-54(51-74-49-47-45-43-41-39-37-35-33-31-29-26-24-22-20-18-16-14-12-10-8-6-4-2)52-75-64-63(73)61(71)59(69)56(79-64)53-76-65-62(72)60(70)58(68)55(50-66)78-65/h15-18,21-24,27-28,54-56,58-66,68-73H,3-14,19-20,25-26,29-53H2,1-2H3/b17-15-,18-16-,23-21-,24-22-,28-27-. The Morgan fingerprint density at radius 3 is 1.23 bits per heavy atom. The smallest absolute Gasteiger partial charge is 0.306 e. The molecule has 11 atom stereocenters. The monoisotopic (exact) mass is 1120 g/mol. The summed E-state index contributed by atoms with van der Waals surface area (Å²) in [5.74, 6) is -0.383. The molecule has 14 nitrogen and oxygen atoms in total. The van der Waals surface area contributed by atoms with E-state index in [0.717, 1.165) is 64.2 Å². The Morgan fingerprint density at radius 2 is 0.785 bits per heavy atom. The maximum atomic E-state index is 13.1. The molecule has 11 unspecified atom stereocenters. The normalized spacial score (nSPS) is 24.4. The van der Waals surface area contributed by atoms with Gasteiger partial charge in [-0.2, -0.15) is 0 Å². The Kier molecular flexibility index (Phi) is 47.3. The molecule has 14 heteroatoms. The Hall–Kier alpha value is -2.31. The van der Waals surface area contributed by atoms with Crippen molar-refractivity contribution in [2.75, 3.05) is 33.0 Å². The van der Waals surface area contributed by atoms with Gasteiger partial charge in [-0.15, -0.1) is 0 Å². The Balaban J connectivity index is 1.69. The van der Waals surface area contributed by atoms with Crippen LogP contribution < -0.4 is 0 Å². The van der Waals surface area contributed by atoms with Crippen LogP contribution in [0.4, 0.5) is 0 Å². The number of aliphatic hydroxyl groups excluding tert-OH is 7. The van der Waals surface area contributed by atoms with Crippen LogP contribution in [-0.2, 0) is 33.2 Å². The first-order chi connectivity index (χ1) is 38.6. The molecule has 0 radical (unpaired) electrons. The average Bonchev–Trinajstić information content (AvgIpc) is 3.46. The minimum absolute atomic E-state index is 0.0551. The first kappa shape index (κ1) is 72.8. The fraction of sp³-hybridized carbons (Fsp3) is 0.831. The van der Waals surface area contributed by atoms with Gasteiger partial charge in [0.05, 0.1) is 26.4 Å². The molecule has 0 amide bonds. The van der Waals surface area contributed by atoms with Gasteiger partial charge in [-0.1, -0.05) is 216 Å². The first-order valence-corrected chi connectivity index (χ1v) is 31.9. The van der Waals surface area contributed by atoms with Gasteiger partial charge in [0, 0.05) is 13.0 Å². The van der Waals surface area contributed by atoms with E-state index >= 15 is 0 Å². The van der Waals surface area contributed by atoms with Crippen molar-refractivity contribution in [3.63, 3.8) is 0 Å². The Morgan fingerprint density at radius 1 is 0.418 bits per heavy atom. The van der Waals surface area contributed by atoms with Gasteiger partial charge >= 0.3 is 5.97 Å². The Bertz CT molecular complexity index is 1540. The van der Waals surface area contributed by atoms with Crippen molar-refractivity contribution in [1.29, 1.82) is 0 Å². The zero-order chi connectivity index (χ0) is 57.2. The maximum Gasteiger partial charge on any atom is 0.306 e. The molecule has 2 rings (SSSR count). The number of ether oxygens (including phenoxy) is 6. The van der Waals surface area contributed by atoms with Gasteiger partial charge in [0.15, 0.2) is 12.6 Å². The molecule has 0 bridgehead atoms. The number of esters is 1. The van der Waals surface area contributed by atoms with Crippen LogP contribution in [-0.4, -0.2) is 142 Å². The van der Waals surface area contributed by atoms with E-state index in [0.29, 0.717) is 13.0 Å². The molecule has 79 heavy (non-hydrogen) atoms. The largest absolute Gasteiger partial charge is 0.457 e. The van der Waals surface area contributed by atoms with Crippen LogP contribution in [0.15, 0.2) is 60.8 Å². The molecule has 0 aromatic carbocycles. The third kappa shape index (κ3) is 37.5. The minimum Gasteiger partial charge on any atom is -0.457 e. The number of unbranched alkanes of at least 4 members (excludes halogenated alkanes) is 28. The van der Waals surface area contributed by atoms with Crippen LogP contribution in [0.2, 0.25) is 0 Å². The van der Waals surface area contributed by atoms with Crippen molar-refractivity contribution >= 4 is 5.97 Å². The molecule has 460 valence electrons. The second-order valence-corrected chi connectivity index (χ2v) is 22.2. The van der Waals surface area contributed by atoms with Gasteiger partial charge in [-0.05, 0) is 83.5 Å². The highest BCUT2D eigenvalue weighted by Gasteiger charge is 2.47. The third-order valence-corrected chi connectivity index (χ3v) is 15.0. The number of rotatable bonds is 52. The van der Waals surface area contributed by atoms with Crippen LogP contribution in [0.5, 0.6) is 0 Å². The lowest BCUT2D eigenvalue weighted by molar-refractivity contribution is -0.332. The highest BCUT2D eigenvalue weighted by atomic mass is 16.7. The van der Waals surface area contributed by atoms with E-state index in [1.807, 2.05) is 0 Å². The number of carbonyl (C=O) groups is 1. The molecular formula is C65H116O14. The van der Waals surface area contributed by atoms with E-state index in [9.17, 15) is 40.5 Å². The summed E-state index contributed by atoms with van der Waals surface area (Å²) in [5, 5.41) is 72.5. The molecule has 0 spiro atoms. The predicted molar refractivity (Wildman–Crippen MR) is 316 cm³/mol. The molecule has 7 N–H and O–H groups in total. The summed E-state index contributed by atoms with van der Waals surface area (Å²) in [7, 11) is 0. The van der Waals surface area contributed by atoms with Gasteiger partial charge in [0.1, 0.15) is 54.9 Å². The van der Waals surface area contributed by atoms with E-state index in [2.05, 4.69) is 74.6 Å². The number of hydrogen-bond acceptors (Lipinski definition) is 14. The predicted octanol–water partition coefficient (Wildman–Crippen LogP) is 12.4. The van der Waals surface area contributed by atoms with Crippen molar-refractivity contribution in [1.82, 2.24) is 0 Å². The van der Waals surface area contributed by atoms with Crippen LogP contribution in [0.3, 0.4) is 0 Å². The average molecular weight is 1120 g/mol. The highest BCUT2D eigenvalue weighted by molar-refractivity contribution is 5.69. The molecule has 2 heterocycles. The van der Waals surface area contributed by atoms with Crippen LogP contribution in [0.1, 0.15) is 245 Å². The number of allylic oxidation sites excluding steroid dienone is 10. The molecule has 0 aliphatic carbocycles. The van der Waals surface area contributed by atoms with E-state index in [-0.39, 0.29) is 25.6 Å². The lowest BCUT2D eigenvalue weighted by Crippen LogP contribution is -2.61. The SMILES string of the molecule is CCCCCCC/C=C\C/C=C\C/C=C\CCCCCCCCCCC(=O)OC(COCCCCCCCCCCCC/C=C\C/C=C\CCCCCCC)COC1OC(COC2OC(CO)C(O)C(O)C2O)C(O)C(O)C1O. The summed E-state index contributed by atoms with van der Waals surface area (Å²) < 4.78 is 34.5. The summed E-state index contributed by atoms with van der Waals surface area (Å²) in [6.45, 7) is 3.68. The lowest BCUT2D eigenvalue weighted by atomic mass is 9.98. The van der Waals surface area contributed by atoms with Gasteiger partial charge < -0.3 is 64.2 Å². The quantitative estimate of drug-likeness (QED) is 0.0172. The van der Waals surface area contributed by atoms with Crippen molar-refractivity contribution in [3.8, 4) is 0 Å². The molecule has 2 aliphatic rings. The maximum absolute atomic E-state index is 13.1. The molecule has 0 aromatic rings. The van der Waals surface area contributed by atoms with Crippen molar-refractivity contribution in [2.24, 2.45) is 0 Å². The minimum atomic E-state index is -1.71. The van der Waals surface area contributed by atoms with Crippen molar-refractivity contribution < 1.29 is 69.0 Å². The molecule has 0 saturated carbocycles. The van der Waals surface area contributed by atoms with Crippen LogP contribution >= 0.6 is 0 Å². The van der Waals surface area contributed by atoms with E-state index in [1.165, 1.54) is 154 Å². The van der Waals surface area contributed by atoms with Gasteiger partial charge in [0.2, 0.25) is 0 Å². The van der Waals surface area contributed by atoms with Gasteiger partial charge in [-0.25, -0.2) is 0 Å². The molecule has 2 aliphatic heterocycles. The van der Waals surface area contributed by atoms with Gasteiger partial charge in [0.25, 0.3) is 0 Å². The zero-order valence-electron chi connectivity index (χ0n) is 49.6. The van der Waals surface area contributed by atoms with Crippen molar-refractivity contribution in [2.45, 2.75) is 313 Å². The Labute approximate surface area is 479 Å². The van der Waals surface area contributed by atoms with Gasteiger partial charge in [-0.3, -0.25) is 4.79 Å². The summed E-state index contributed by atoms with van der Waals surface area (Å²) >= 11 is 0.